The van der Waals surface area contributed by atoms with E-state index in [0.717, 1.165) is 5.69 Å². The fourth-order valence-corrected chi connectivity index (χ4v) is 4.54. The summed E-state index contributed by atoms with van der Waals surface area (Å²) in [7, 11) is 0. The van der Waals surface area contributed by atoms with Crippen LogP contribution in [-0.2, 0) is 23.9 Å². The number of aryl methyl sites for hydroxylation is 1. The molecule has 0 bridgehead atoms. The number of ether oxygens (including phenoxy) is 2. The molecule has 0 aliphatic carbocycles. The summed E-state index contributed by atoms with van der Waals surface area (Å²) in [6.07, 6.45) is 0.814. The molecule has 2 amide bonds. The van der Waals surface area contributed by atoms with Crippen LogP contribution in [0, 0.1) is 6.92 Å². The van der Waals surface area contributed by atoms with E-state index < -0.39 is 29.7 Å². The maximum absolute atomic E-state index is 13.7. The zero-order chi connectivity index (χ0) is 32.6. The molecule has 240 valence electrons. The molecule has 1 aromatic carbocycles. The van der Waals surface area contributed by atoms with Gasteiger partial charge in [0, 0.05) is 37.3 Å². The summed E-state index contributed by atoms with van der Waals surface area (Å²) in [5, 5.41) is 8.63. The third-order valence-corrected chi connectivity index (χ3v) is 6.61. The highest BCUT2D eigenvalue weighted by atomic mass is 16.8. The molecule has 1 saturated heterocycles. The first-order valence-corrected chi connectivity index (χ1v) is 14.8. The Labute approximate surface area is 261 Å². The minimum absolute atomic E-state index is 0.000854. The van der Waals surface area contributed by atoms with Gasteiger partial charge in [-0.3, -0.25) is 14.4 Å². The number of aromatic nitrogens is 4. The number of hydrogen-bond acceptors (Lipinski definition) is 11. The van der Waals surface area contributed by atoms with E-state index >= 15 is 0 Å². The lowest BCUT2D eigenvalue weighted by molar-refractivity contribution is -0.158. The van der Waals surface area contributed by atoms with Gasteiger partial charge in [0.2, 0.25) is 5.91 Å². The van der Waals surface area contributed by atoms with Gasteiger partial charge < -0.3 is 24.5 Å². The number of hydrogen-bond donors (Lipinski definition) is 1. The van der Waals surface area contributed by atoms with Crippen LogP contribution < -0.4 is 5.32 Å². The van der Waals surface area contributed by atoms with Crippen LogP contribution in [0.2, 0.25) is 0 Å². The summed E-state index contributed by atoms with van der Waals surface area (Å²) in [6, 6.07) is 11.4. The van der Waals surface area contributed by atoms with Crippen LogP contribution in [-0.4, -0.2) is 98.1 Å². The van der Waals surface area contributed by atoms with Gasteiger partial charge >= 0.3 is 12.1 Å². The molecule has 3 heterocycles. The highest BCUT2D eigenvalue weighted by molar-refractivity contribution is 5.97. The van der Waals surface area contributed by atoms with Crippen molar-refractivity contribution in [1.29, 1.82) is 0 Å². The lowest BCUT2D eigenvalue weighted by Gasteiger charge is -2.35. The van der Waals surface area contributed by atoms with Crippen molar-refractivity contribution in [2.24, 2.45) is 0 Å². The zero-order valence-corrected chi connectivity index (χ0v) is 26.2. The second-order valence-corrected chi connectivity index (χ2v) is 11.4. The Bertz CT molecular complexity index is 1500. The largest absolute Gasteiger partial charge is 0.527 e. The second kappa shape index (κ2) is 14.8. The smallest absolute Gasteiger partial charge is 0.460 e. The number of amides is 2. The van der Waals surface area contributed by atoms with Gasteiger partial charge in [0.25, 0.3) is 5.91 Å². The minimum atomic E-state index is -1.06. The van der Waals surface area contributed by atoms with E-state index in [2.05, 4.69) is 20.4 Å². The van der Waals surface area contributed by atoms with E-state index in [0.29, 0.717) is 17.2 Å². The van der Waals surface area contributed by atoms with Crippen LogP contribution in [0.4, 0.5) is 4.79 Å². The Morgan fingerprint density at radius 2 is 1.71 bits per heavy atom. The molecular weight excluding hydrogens is 582 g/mol. The van der Waals surface area contributed by atoms with Crippen LogP contribution in [0.25, 0.3) is 17.2 Å². The molecular formula is C31H39N7O7. The second-order valence-electron chi connectivity index (χ2n) is 11.4. The number of hydroxylamine groups is 2. The van der Waals surface area contributed by atoms with Gasteiger partial charge in [0.05, 0.1) is 25.4 Å². The predicted molar refractivity (Wildman–Crippen MR) is 162 cm³/mol. The van der Waals surface area contributed by atoms with Crippen molar-refractivity contribution in [3.05, 3.63) is 60.0 Å². The maximum Gasteiger partial charge on any atom is 0.527 e. The number of benzene rings is 1. The van der Waals surface area contributed by atoms with E-state index in [4.69, 9.17) is 14.3 Å². The quantitative estimate of drug-likeness (QED) is 0.332. The third kappa shape index (κ3) is 9.57. The first kappa shape index (κ1) is 33.1. The molecule has 1 N–H and O–H groups in total. The van der Waals surface area contributed by atoms with Gasteiger partial charge in [0.1, 0.15) is 17.3 Å². The van der Waals surface area contributed by atoms with E-state index in [9.17, 15) is 19.2 Å². The average Bonchev–Trinajstić information content (AvgIpc) is 3.45. The van der Waals surface area contributed by atoms with E-state index in [-0.39, 0.29) is 57.2 Å². The molecule has 0 radical (unpaired) electrons. The number of nitrogens with zero attached hydrogens (tertiary/aromatic N) is 6. The zero-order valence-electron chi connectivity index (χ0n) is 26.2. The summed E-state index contributed by atoms with van der Waals surface area (Å²) in [6.45, 7) is 9.91. The van der Waals surface area contributed by atoms with Crippen molar-refractivity contribution >= 4 is 23.9 Å². The number of carbonyl (C=O) groups excluding carboxylic acids is 4. The Kier molecular flexibility index (Phi) is 10.8. The van der Waals surface area contributed by atoms with Crippen molar-refractivity contribution in [1.82, 2.24) is 35.0 Å². The van der Waals surface area contributed by atoms with Gasteiger partial charge in [-0.15, -0.1) is 5.06 Å². The predicted octanol–water partition coefficient (Wildman–Crippen LogP) is 3.09. The molecule has 0 unspecified atom stereocenters. The fraction of sp³-hybridized carbons (Fsp3) is 0.452. The highest BCUT2D eigenvalue weighted by Crippen LogP contribution is 2.19. The van der Waals surface area contributed by atoms with Crippen molar-refractivity contribution in [2.45, 2.75) is 59.1 Å². The van der Waals surface area contributed by atoms with Crippen LogP contribution >= 0.6 is 0 Å². The number of rotatable bonds is 10. The number of esters is 1. The summed E-state index contributed by atoms with van der Waals surface area (Å²) in [5.41, 5.74) is 0.777. The van der Waals surface area contributed by atoms with Crippen molar-refractivity contribution in [3.8, 4) is 17.2 Å². The molecule has 4 rings (SSSR count). The van der Waals surface area contributed by atoms with Gasteiger partial charge in [-0.1, -0.05) is 30.3 Å². The molecule has 45 heavy (non-hydrogen) atoms. The van der Waals surface area contributed by atoms with Gasteiger partial charge in [0.15, 0.2) is 11.6 Å². The molecule has 1 aliphatic rings. The molecule has 1 aliphatic heterocycles. The molecule has 0 spiro atoms. The van der Waals surface area contributed by atoms with Crippen LogP contribution in [0.3, 0.4) is 0 Å². The Hall–Kier alpha value is -4.85. The lowest BCUT2D eigenvalue weighted by atomic mass is 10.1. The normalized spacial score (nSPS) is 14.4. The SMILES string of the molecule is CCOC(=O)ON1CCN(C(=O)[C@H](CCC(=O)OC(C)(C)C)NC(=O)c2cc(-n3ccc(C)n3)nc(-c3ccccc3)n2)CC1. The monoisotopic (exact) mass is 621 g/mol. The van der Waals surface area contributed by atoms with Gasteiger partial charge in [-0.05, 0) is 47.1 Å². The van der Waals surface area contributed by atoms with Crippen LogP contribution in [0.5, 0.6) is 0 Å². The van der Waals surface area contributed by atoms with E-state index in [1.165, 1.54) is 11.1 Å². The van der Waals surface area contributed by atoms with E-state index in [1.807, 2.05) is 43.3 Å². The molecule has 2 aromatic heterocycles. The van der Waals surface area contributed by atoms with Crippen molar-refractivity contribution < 1.29 is 33.5 Å². The van der Waals surface area contributed by atoms with Crippen molar-refractivity contribution in [2.75, 3.05) is 32.8 Å². The first-order valence-electron chi connectivity index (χ1n) is 14.8. The number of piperazine rings is 1. The first-order chi connectivity index (χ1) is 21.4. The van der Waals surface area contributed by atoms with Crippen molar-refractivity contribution in [3.63, 3.8) is 0 Å². The standard InChI is InChI=1S/C31H39N7O7/c1-6-43-30(42)45-37-18-16-36(17-19-37)29(41)23(12-13-26(39)44-31(3,4)5)33-28(40)24-20-25(38-15-14-21(2)35-38)34-27(32-24)22-10-8-7-9-11-22/h7-11,14-15,20,23H,6,12-13,16-19H2,1-5H3,(H,33,40)/t23-/m0/s1. The highest BCUT2D eigenvalue weighted by Gasteiger charge is 2.32. The van der Waals surface area contributed by atoms with Gasteiger partial charge in [-0.25, -0.2) is 19.4 Å². The van der Waals surface area contributed by atoms with E-state index in [1.54, 1.807) is 43.5 Å². The molecule has 1 fully saturated rings. The summed E-state index contributed by atoms with van der Waals surface area (Å²) < 4.78 is 11.8. The van der Waals surface area contributed by atoms with Crippen LogP contribution in [0.1, 0.15) is 56.7 Å². The molecule has 1 atom stereocenters. The summed E-state index contributed by atoms with van der Waals surface area (Å²) in [4.78, 5) is 67.5. The lowest BCUT2D eigenvalue weighted by Crippen LogP contribution is -2.55. The molecule has 0 saturated carbocycles. The fourth-order valence-electron chi connectivity index (χ4n) is 4.54. The third-order valence-electron chi connectivity index (χ3n) is 6.61. The average molecular weight is 622 g/mol. The Morgan fingerprint density at radius 3 is 2.33 bits per heavy atom. The Balaban J connectivity index is 1.56. The molecule has 3 aromatic rings. The van der Waals surface area contributed by atoms with Gasteiger partial charge in [-0.2, -0.15) is 5.10 Å². The number of nitrogens with one attached hydrogen (secondary N) is 1. The summed E-state index contributed by atoms with van der Waals surface area (Å²) >= 11 is 0. The maximum atomic E-state index is 13.7. The topological polar surface area (TPSA) is 158 Å². The number of carbonyl (C=O) groups is 4. The minimum Gasteiger partial charge on any atom is -0.460 e. The Morgan fingerprint density at radius 1 is 1.00 bits per heavy atom. The molecule has 14 heteroatoms. The molecule has 14 nitrogen and oxygen atoms in total. The summed E-state index contributed by atoms with van der Waals surface area (Å²) in [5.74, 6) is -0.821. The van der Waals surface area contributed by atoms with Crippen LogP contribution in [0.15, 0.2) is 48.7 Å².